The van der Waals surface area contributed by atoms with Crippen LogP contribution in [0.2, 0.25) is 0 Å². The molecule has 132 valence electrons. The van der Waals surface area contributed by atoms with Gasteiger partial charge in [-0.15, -0.1) is 0 Å². The number of ether oxygens (including phenoxy) is 2. The lowest BCUT2D eigenvalue weighted by molar-refractivity contribution is -0.141. The number of carbonyl (C=O) groups excluding carboxylic acids is 2. The second kappa shape index (κ2) is 12.3. The van der Waals surface area contributed by atoms with Crippen LogP contribution in [0.5, 0.6) is 0 Å². The van der Waals surface area contributed by atoms with E-state index in [0.29, 0.717) is 6.42 Å². The van der Waals surface area contributed by atoms with Crippen LogP contribution in [-0.2, 0) is 19.1 Å². The highest BCUT2D eigenvalue weighted by Crippen LogP contribution is 2.27. The molecule has 1 aliphatic carbocycles. The lowest BCUT2D eigenvalue weighted by Gasteiger charge is -2.20. The van der Waals surface area contributed by atoms with Gasteiger partial charge in [-0.25, -0.2) is 4.79 Å². The van der Waals surface area contributed by atoms with Crippen molar-refractivity contribution in [2.45, 2.75) is 44.9 Å². The fraction of sp³-hybridized carbons (Fsp3) is 0.500. The van der Waals surface area contributed by atoms with Crippen molar-refractivity contribution < 1.29 is 19.1 Å². The number of hydrogen-bond donors (Lipinski definition) is 0. The third kappa shape index (κ3) is 9.13. The third-order valence-electron chi connectivity index (χ3n) is 4.12. The summed E-state index contributed by atoms with van der Waals surface area (Å²) in [6.45, 7) is 0. The first-order chi connectivity index (χ1) is 11.7. The van der Waals surface area contributed by atoms with Crippen molar-refractivity contribution in [3.63, 3.8) is 0 Å². The lowest BCUT2D eigenvalue weighted by atomic mass is 9.86. The van der Waals surface area contributed by atoms with Crippen LogP contribution >= 0.6 is 0 Å². The van der Waals surface area contributed by atoms with E-state index in [-0.39, 0.29) is 11.9 Å². The molecule has 0 amide bonds. The summed E-state index contributed by atoms with van der Waals surface area (Å²) in [6, 6.07) is 9.59. The van der Waals surface area contributed by atoms with Crippen molar-refractivity contribution in [1.29, 1.82) is 0 Å². The molecule has 4 nitrogen and oxygen atoms in total. The van der Waals surface area contributed by atoms with E-state index in [0.717, 1.165) is 17.9 Å². The molecule has 0 saturated heterocycles. The summed E-state index contributed by atoms with van der Waals surface area (Å²) in [5.41, 5.74) is 0.989. The van der Waals surface area contributed by atoms with E-state index in [9.17, 15) is 9.59 Å². The van der Waals surface area contributed by atoms with E-state index in [1.54, 1.807) is 6.08 Å². The monoisotopic (exact) mass is 332 g/mol. The highest BCUT2D eigenvalue weighted by molar-refractivity contribution is 5.86. The molecule has 0 aromatic heterocycles. The van der Waals surface area contributed by atoms with Gasteiger partial charge in [-0.05, 0) is 24.0 Å². The fourth-order valence-corrected chi connectivity index (χ4v) is 2.70. The summed E-state index contributed by atoms with van der Waals surface area (Å²) >= 11 is 0. The molecule has 0 aliphatic heterocycles. The molecule has 0 bridgehead atoms. The van der Waals surface area contributed by atoms with Gasteiger partial charge in [-0.1, -0.05) is 62.4 Å². The van der Waals surface area contributed by atoms with Gasteiger partial charge in [-0.3, -0.25) is 4.79 Å². The maximum Gasteiger partial charge on any atom is 0.330 e. The summed E-state index contributed by atoms with van der Waals surface area (Å²) in [7, 11) is 2.82. The van der Waals surface area contributed by atoms with Crippen LogP contribution in [0.3, 0.4) is 0 Å². The van der Waals surface area contributed by atoms with Gasteiger partial charge in [0, 0.05) is 12.5 Å². The molecule has 0 heterocycles. The minimum absolute atomic E-state index is 0.0550. The standard InChI is InChI=1S/C10H18O2.C10H10O2/c2*1-12-10(11)8-7-9-5-3-2-4-6-9/h9H,2-8H2,1H3;2-8H,1H3. The van der Waals surface area contributed by atoms with Crippen molar-refractivity contribution in [2.75, 3.05) is 14.2 Å². The largest absolute Gasteiger partial charge is 0.469 e. The summed E-state index contributed by atoms with van der Waals surface area (Å²) in [5, 5.41) is 0. The molecule has 1 fully saturated rings. The average Bonchev–Trinajstić information content (AvgIpc) is 2.66. The van der Waals surface area contributed by atoms with Crippen molar-refractivity contribution in [3.8, 4) is 0 Å². The number of methoxy groups -OCH3 is 2. The zero-order valence-corrected chi connectivity index (χ0v) is 14.7. The summed E-state index contributed by atoms with van der Waals surface area (Å²) in [5.74, 6) is 0.400. The molecule has 4 heteroatoms. The van der Waals surface area contributed by atoms with E-state index in [1.807, 2.05) is 30.3 Å². The minimum atomic E-state index is -0.334. The van der Waals surface area contributed by atoms with Crippen molar-refractivity contribution in [1.82, 2.24) is 0 Å². The SMILES string of the molecule is COC(=O)C=Cc1ccccc1.COC(=O)CCC1CCCCC1. The van der Waals surface area contributed by atoms with E-state index >= 15 is 0 Å². The Kier molecular flexibility index (Phi) is 10.3. The lowest BCUT2D eigenvalue weighted by Crippen LogP contribution is -2.09. The first-order valence-electron chi connectivity index (χ1n) is 8.53. The Morgan fingerprint density at radius 1 is 1.04 bits per heavy atom. The first kappa shape index (κ1) is 19.9. The van der Waals surface area contributed by atoms with Gasteiger partial charge in [0.15, 0.2) is 0 Å². The molecule has 1 aromatic rings. The van der Waals surface area contributed by atoms with Gasteiger partial charge in [0.05, 0.1) is 14.2 Å². The van der Waals surface area contributed by atoms with Gasteiger partial charge < -0.3 is 9.47 Å². The van der Waals surface area contributed by atoms with Gasteiger partial charge in [0.2, 0.25) is 0 Å². The number of esters is 2. The summed E-state index contributed by atoms with van der Waals surface area (Å²) < 4.78 is 9.05. The first-order valence-corrected chi connectivity index (χ1v) is 8.53. The Balaban J connectivity index is 0.000000240. The number of carbonyl (C=O) groups is 2. The van der Waals surface area contributed by atoms with Gasteiger partial charge in [0.25, 0.3) is 0 Å². The quantitative estimate of drug-likeness (QED) is 0.592. The molecule has 2 rings (SSSR count). The van der Waals surface area contributed by atoms with Crippen molar-refractivity contribution >= 4 is 18.0 Å². The van der Waals surface area contributed by atoms with Crippen LogP contribution in [0.4, 0.5) is 0 Å². The number of hydrogen-bond acceptors (Lipinski definition) is 4. The van der Waals surface area contributed by atoms with Crippen LogP contribution in [0.25, 0.3) is 6.08 Å². The second-order valence-electron chi connectivity index (χ2n) is 5.89. The fourth-order valence-electron chi connectivity index (χ4n) is 2.70. The molecule has 0 N–H and O–H groups in total. The zero-order chi connectivity index (χ0) is 17.6. The molecule has 0 unspecified atom stereocenters. The third-order valence-corrected chi connectivity index (χ3v) is 4.12. The maximum absolute atomic E-state index is 10.8. The molecular formula is C20H28O4. The minimum Gasteiger partial charge on any atom is -0.469 e. The smallest absolute Gasteiger partial charge is 0.330 e. The molecule has 24 heavy (non-hydrogen) atoms. The van der Waals surface area contributed by atoms with Crippen LogP contribution in [0, 0.1) is 5.92 Å². The van der Waals surface area contributed by atoms with E-state index in [1.165, 1.54) is 52.4 Å². The van der Waals surface area contributed by atoms with Gasteiger partial charge in [0.1, 0.15) is 0 Å². The molecule has 1 aliphatic rings. The predicted molar refractivity (Wildman–Crippen MR) is 95.3 cm³/mol. The molecule has 0 spiro atoms. The van der Waals surface area contributed by atoms with E-state index in [4.69, 9.17) is 0 Å². The predicted octanol–water partition coefficient (Wildman–Crippen LogP) is 4.39. The molecule has 1 saturated carbocycles. The van der Waals surface area contributed by atoms with Crippen LogP contribution in [0.1, 0.15) is 50.5 Å². The highest BCUT2D eigenvalue weighted by Gasteiger charge is 2.14. The Morgan fingerprint density at radius 2 is 1.71 bits per heavy atom. The molecule has 0 atom stereocenters. The second-order valence-corrected chi connectivity index (χ2v) is 5.89. The van der Waals surface area contributed by atoms with E-state index < -0.39 is 0 Å². The summed E-state index contributed by atoms with van der Waals surface area (Å²) in [4.78, 5) is 21.5. The Morgan fingerprint density at radius 3 is 2.29 bits per heavy atom. The normalized spacial score (nSPS) is 14.6. The number of benzene rings is 1. The molecular weight excluding hydrogens is 304 g/mol. The van der Waals surface area contributed by atoms with Crippen molar-refractivity contribution in [3.05, 3.63) is 42.0 Å². The summed E-state index contributed by atoms with van der Waals surface area (Å²) in [6.07, 6.45) is 11.5. The van der Waals surface area contributed by atoms with Gasteiger partial charge in [-0.2, -0.15) is 0 Å². The number of rotatable bonds is 5. The van der Waals surface area contributed by atoms with E-state index in [2.05, 4.69) is 9.47 Å². The van der Waals surface area contributed by atoms with Crippen LogP contribution in [-0.4, -0.2) is 26.2 Å². The Hall–Kier alpha value is -2.10. The van der Waals surface area contributed by atoms with Crippen LogP contribution < -0.4 is 0 Å². The average molecular weight is 332 g/mol. The van der Waals surface area contributed by atoms with Gasteiger partial charge >= 0.3 is 11.9 Å². The molecule has 1 aromatic carbocycles. The van der Waals surface area contributed by atoms with Crippen molar-refractivity contribution in [2.24, 2.45) is 5.92 Å². The zero-order valence-electron chi connectivity index (χ0n) is 14.7. The molecule has 0 radical (unpaired) electrons. The topological polar surface area (TPSA) is 52.6 Å². The Labute approximate surface area is 144 Å². The highest BCUT2D eigenvalue weighted by atomic mass is 16.5. The maximum atomic E-state index is 10.8. The Bertz CT molecular complexity index is 502. The van der Waals surface area contributed by atoms with Crippen LogP contribution in [0.15, 0.2) is 36.4 Å².